The first-order valence-electron chi connectivity index (χ1n) is 9.23. The van der Waals surface area contributed by atoms with Crippen LogP contribution in [0.3, 0.4) is 0 Å². The molecule has 4 atom stereocenters. The number of carbonyl (C=O) groups is 1. The van der Waals surface area contributed by atoms with E-state index in [0.29, 0.717) is 11.3 Å². The Morgan fingerprint density at radius 3 is 2.64 bits per heavy atom. The van der Waals surface area contributed by atoms with Gasteiger partial charge in [0.25, 0.3) is 5.91 Å². The number of benzene rings is 1. The van der Waals surface area contributed by atoms with Crippen LogP contribution in [-0.2, 0) is 9.53 Å². The van der Waals surface area contributed by atoms with Crippen molar-refractivity contribution in [3.63, 3.8) is 0 Å². The van der Waals surface area contributed by atoms with Gasteiger partial charge in [-0.3, -0.25) is 9.78 Å². The van der Waals surface area contributed by atoms with Crippen molar-refractivity contribution in [2.45, 2.75) is 38.9 Å². The van der Waals surface area contributed by atoms with Crippen molar-refractivity contribution in [1.82, 2.24) is 4.98 Å². The highest BCUT2D eigenvalue weighted by Crippen LogP contribution is 2.46. The number of carbonyl (C=O) groups excluding carboxylic acids is 1. The molecule has 2 heterocycles. The van der Waals surface area contributed by atoms with E-state index in [1.165, 1.54) is 19.4 Å². The predicted molar refractivity (Wildman–Crippen MR) is 101 cm³/mol. The van der Waals surface area contributed by atoms with Crippen LogP contribution in [0.5, 0.6) is 5.75 Å². The Morgan fingerprint density at radius 1 is 1.29 bits per heavy atom. The van der Waals surface area contributed by atoms with Gasteiger partial charge in [0.1, 0.15) is 6.10 Å². The number of halogens is 2. The summed E-state index contributed by atoms with van der Waals surface area (Å²) in [6.45, 7) is 5.96. The molecule has 5 nitrogen and oxygen atoms in total. The molecule has 1 aromatic heterocycles. The van der Waals surface area contributed by atoms with Crippen molar-refractivity contribution >= 4 is 11.6 Å². The molecule has 150 valence electrons. The topological polar surface area (TPSA) is 60.5 Å². The van der Waals surface area contributed by atoms with Gasteiger partial charge in [-0.15, -0.1) is 0 Å². The molecule has 0 bridgehead atoms. The number of nitrogens with zero attached hydrogens (tertiary/aromatic N) is 1. The fourth-order valence-electron chi connectivity index (χ4n) is 3.96. The highest BCUT2D eigenvalue weighted by molar-refractivity contribution is 5.95. The van der Waals surface area contributed by atoms with Gasteiger partial charge in [0, 0.05) is 17.7 Å². The Balaban J connectivity index is 2.00. The van der Waals surface area contributed by atoms with Gasteiger partial charge >= 0.3 is 0 Å². The summed E-state index contributed by atoms with van der Waals surface area (Å²) < 4.78 is 39.3. The number of rotatable bonds is 5. The molecule has 28 heavy (non-hydrogen) atoms. The number of pyridine rings is 1. The largest absolute Gasteiger partial charge is 0.493 e. The van der Waals surface area contributed by atoms with Crippen LogP contribution < -0.4 is 10.1 Å². The third-order valence-electron chi connectivity index (χ3n) is 5.20. The van der Waals surface area contributed by atoms with Crippen LogP contribution in [0.4, 0.5) is 14.5 Å². The zero-order chi connectivity index (χ0) is 20.4. The van der Waals surface area contributed by atoms with Gasteiger partial charge in [0.05, 0.1) is 25.1 Å². The first-order chi connectivity index (χ1) is 13.3. The van der Waals surface area contributed by atoms with Crippen LogP contribution in [0.25, 0.3) is 0 Å². The third kappa shape index (κ3) is 3.71. The Morgan fingerprint density at radius 2 is 2.04 bits per heavy atom. The summed E-state index contributed by atoms with van der Waals surface area (Å²) in [5.41, 5.74) is 0.955. The van der Waals surface area contributed by atoms with E-state index >= 15 is 0 Å². The minimum Gasteiger partial charge on any atom is -0.493 e. The van der Waals surface area contributed by atoms with Gasteiger partial charge < -0.3 is 14.8 Å². The first kappa shape index (κ1) is 20.2. The quantitative estimate of drug-likeness (QED) is 0.833. The fourth-order valence-corrected chi connectivity index (χ4v) is 3.96. The van der Waals surface area contributed by atoms with E-state index in [2.05, 4.69) is 10.3 Å². The lowest BCUT2D eigenvalue weighted by molar-refractivity contribution is -0.128. The lowest BCUT2D eigenvalue weighted by Gasteiger charge is -2.24. The molecule has 0 unspecified atom stereocenters. The standard InChI is InChI=1S/C21H24F2N2O3/c1-11(2)18-12(3)16(14-7-8-15(22)17(23)19(14)27-4)20(28-18)21(26)25-13-6-5-9-24-10-13/h5-12,16,18,20H,1-4H3,(H,25,26)/t12-,16-,18-,20+/m0/s1. The van der Waals surface area contributed by atoms with Crippen LogP contribution in [0.15, 0.2) is 36.7 Å². The van der Waals surface area contributed by atoms with Crippen molar-refractivity contribution in [2.24, 2.45) is 11.8 Å². The van der Waals surface area contributed by atoms with Crippen molar-refractivity contribution in [3.05, 3.63) is 53.9 Å². The van der Waals surface area contributed by atoms with Crippen molar-refractivity contribution < 1.29 is 23.0 Å². The van der Waals surface area contributed by atoms with E-state index in [1.807, 2.05) is 20.8 Å². The molecule has 0 aliphatic carbocycles. The van der Waals surface area contributed by atoms with Gasteiger partial charge in [0.2, 0.25) is 5.82 Å². The molecular formula is C21H24F2N2O3. The molecule has 2 aromatic rings. The molecule has 3 rings (SSSR count). The fraction of sp³-hybridized carbons (Fsp3) is 0.429. The van der Waals surface area contributed by atoms with Crippen molar-refractivity contribution in [3.8, 4) is 5.75 Å². The number of hydrogen-bond donors (Lipinski definition) is 1. The highest BCUT2D eigenvalue weighted by Gasteiger charge is 2.48. The lowest BCUT2D eigenvalue weighted by atomic mass is 9.79. The van der Waals surface area contributed by atoms with E-state index in [4.69, 9.17) is 9.47 Å². The zero-order valence-electron chi connectivity index (χ0n) is 16.3. The number of ether oxygens (including phenoxy) is 2. The van der Waals surface area contributed by atoms with Crippen LogP contribution in [0.2, 0.25) is 0 Å². The Labute approximate surface area is 163 Å². The summed E-state index contributed by atoms with van der Waals surface area (Å²) in [7, 11) is 1.28. The maximum atomic E-state index is 14.3. The van der Waals surface area contributed by atoms with E-state index in [0.717, 1.165) is 6.07 Å². The van der Waals surface area contributed by atoms with Crippen LogP contribution in [0.1, 0.15) is 32.3 Å². The van der Waals surface area contributed by atoms with E-state index in [1.54, 1.807) is 18.3 Å². The Hall–Kier alpha value is -2.54. The molecule has 1 fully saturated rings. The minimum absolute atomic E-state index is 0.108. The lowest BCUT2D eigenvalue weighted by Crippen LogP contribution is -2.33. The minimum atomic E-state index is -1.06. The number of nitrogens with one attached hydrogen (secondary N) is 1. The third-order valence-corrected chi connectivity index (χ3v) is 5.20. The second-order valence-corrected chi connectivity index (χ2v) is 7.37. The number of methoxy groups -OCH3 is 1. The maximum Gasteiger partial charge on any atom is 0.254 e. The molecule has 1 saturated heterocycles. The van der Waals surface area contributed by atoms with Crippen molar-refractivity contribution in [2.75, 3.05) is 12.4 Å². The maximum absolute atomic E-state index is 14.3. The molecule has 7 heteroatoms. The zero-order valence-corrected chi connectivity index (χ0v) is 16.3. The molecule has 1 aliphatic rings. The van der Waals surface area contributed by atoms with Gasteiger partial charge in [0.15, 0.2) is 11.6 Å². The average molecular weight is 390 g/mol. The van der Waals surface area contributed by atoms with Crippen molar-refractivity contribution in [1.29, 1.82) is 0 Å². The van der Waals surface area contributed by atoms with Gasteiger partial charge in [-0.05, 0) is 30.0 Å². The van der Waals surface area contributed by atoms with Crippen LogP contribution in [0, 0.1) is 23.5 Å². The van der Waals surface area contributed by atoms with Gasteiger partial charge in [-0.1, -0.05) is 26.8 Å². The van der Waals surface area contributed by atoms with Crippen LogP contribution in [-0.4, -0.2) is 30.2 Å². The molecule has 1 aliphatic heterocycles. The van der Waals surface area contributed by atoms with E-state index in [-0.39, 0.29) is 29.6 Å². The summed E-state index contributed by atoms with van der Waals surface area (Å²) in [5, 5.41) is 2.79. The van der Waals surface area contributed by atoms with Gasteiger partial charge in [-0.2, -0.15) is 4.39 Å². The van der Waals surface area contributed by atoms with E-state index < -0.39 is 23.7 Å². The monoisotopic (exact) mass is 390 g/mol. The summed E-state index contributed by atoms with van der Waals surface area (Å²) in [6.07, 6.45) is 2.05. The summed E-state index contributed by atoms with van der Waals surface area (Å²) in [4.78, 5) is 17.0. The molecule has 1 amide bonds. The summed E-state index contributed by atoms with van der Waals surface area (Å²) in [6, 6.07) is 5.95. The average Bonchev–Trinajstić information content (AvgIpc) is 3.02. The molecular weight excluding hydrogens is 366 g/mol. The van der Waals surface area contributed by atoms with Crippen LogP contribution >= 0.6 is 0 Å². The SMILES string of the molecule is COc1c([C@@H]2[C@H](C)[C@H](C(C)C)O[C@H]2C(=O)Nc2cccnc2)ccc(F)c1F. The number of amides is 1. The van der Waals surface area contributed by atoms with Gasteiger partial charge in [-0.25, -0.2) is 4.39 Å². The Bertz CT molecular complexity index is 845. The molecule has 1 N–H and O–H groups in total. The molecule has 0 radical (unpaired) electrons. The first-order valence-corrected chi connectivity index (χ1v) is 9.23. The van der Waals surface area contributed by atoms with E-state index in [9.17, 15) is 13.6 Å². The summed E-state index contributed by atoms with van der Waals surface area (Å²) in [5.74, 6) is -3.07. The highest BCUT2D eigenvalue weighted by atomic mass is 19.2. The molecule has 0 saturated carbocycles. The predicted octanol–water partition coefficient (Wildman–Crippen LogP) is 4.15. The Kier molecular flexibility index (Phi) is 5.93. The summed E-state index contributed by atoms with van der Waals surface area (Å²) >= 11 is 0. The number of aromatic nitrogens is 1. The number of anilines is 1. The smallest absolute Gasteiger partial charge is 0.254 e. The second kappa shape index (κ2) is 8.22. The molecule has 1 aromatic carbocycles. The molecule has 0 spiro atoms. The number of hydrogen-bond acceptors (Lipinski definition) is 4. The second-order valence-electron chi connectivity index (χ2n) is 7.37. The normalized spacial score (nSPS) is 24.4.